The summed E-state index contributed by atoms with van der Waals surface area (Å²) in [5, 5.41) is 10.5. The van der Waals surface area contributed by atoms with Gasteiger partial charge in [0.2, 0.25) is 0 Å². The van der Waals surface area contributed by atoms with Crippen molar-refractivity contribution in [2.45, 2.75) is 6.42 Å². The first-order chi connectivity index (χ1) is 7.00. The highest BCUT2D eigenvalue weighted by Crippen LogP contribution is 2.19. The Bertz CT molecular complexity index is 359. The SMILES string of the molecule is O=C(O)CCNc1c(F)cc(F)cc1F. The molecule has 0 heterocycles. The van der Waals surface area contributed by atoms with Crippen LogP contribution in [-0.2, 0) is 4.79 Å². The van der Waals surface area contributed by atoms with Crippen LogP contribution in [0.3, 0.4) is 0 Å². The molecule has 1 aromatic rings. The Kier molecular flexibility index (Phi) is 3.54. The first-order valence-corrected chi connectivity index (χ1v) is 4.11. The van der Waals surface area contributed by atoms with Gasteiger partial charge in [0.15, 0.2) is 11.6 Å². The molecule has 0 saturated heterocycles. The lowest BCUT2D eigenvalue weighted by molar-refractivity contribution is -0.136. The summed E-state index contributed by atoms with van der Waals surface area (Å²) < 4.78 is 38.3. The van der Waals surface area contributed by atoms with Crippen molar-refractivity contribution >= 4 is 11.7 Å². The van der Waals surface area contributed by atoms with Crippen molar-refractivity contribution < 1.29 is 23.1 Å². The molecule has 15 heavy (non-hydrogen) atoms. The van der Waals surface area contributed by atoms with Crippen molar-refractivity contribution in [2.24, 2.45) is 0 Å². The smallest absolute Gasteiger partial charge is 0.305 e. The van der Waals surface area contributed by atoms with Crippen LogP contribution in [0.1, 0.15) is 6.42 Å². The van der Waals surface area contributed by atoms with Gasteiger partial charge in [0, 0.05) is 18.7 Å². The highest BCUT2D eigenvalue weighted by atomic mass is 19.1. The number of carboxylic acids is 1. The molecule has 0 aliphatic carbocycles. The lowest BCUT2D eigenvalue weighted by atomic mass is 10.2. The fourth-order valence-electron chi connectivity index (χ4n) is 1.01. The van der Waals surface area contributed by atoms with Crippen molar-refractivity contribution in [3.63, 3.8) is 0 Å². The molecular weight excluding hydrogens is 211 g/mol. The number of halogens is 3. The van der Waals surface area contributed by atoms with Gasteiger partial charge >= 0.3 is 5.97 Å². The van der Waals surface area contributed by atoms with E-state index < -0.39 is 29.1 Å². The first-order valence-electron chi connectivity index (χ1n) is 4.11. The number of nitrogens with one attached hydrogen (secondary N) is 1. The van der Waals surface area contributed by atoms with Crippen LogP contribution in [-0.4, -0.2) is 17.6 Å². The van der Waals surface area contributed by atoms with Crippen molar-refractivity contribution in [3.05, 3.63) is 29.6 Å². The zero-order chi connectivity index (χ0) is 11.4. The van der Waals surface area contributed by atoms with Crippen molar-refractivity contribution in [3.8, 4) is 0 Å². The molecule has 0 aliphatic rings. The Balaban J connectivity index is 2.72. The molecule has 0 bridgehead atoms. The molecule has 0 amide bonds. The molecule has 1 rings (SSSR count). The summed E-state index contributed by atoms with van der Waals surface area (Å²) in [5.74, 6) is -4.28. The molecule has 0 fully saturated rings. The summed E-state index contributed by atoms with van der Waals surface area (Å²) in [6, 6.07) is 1.04. The molecule has 82 valence electrons. The number of hydrogen-bond donors (Lipinski definition) is 2. The van der Waals surface area contributed by atoms with Crippen molar-refractivity contribution in [1.82, 2.24) is 0 Å². The Morgan fingerprint density at radius 3 is 2.27 bits per heavy atom. The largest absolute Gasteiger partial charge is 0.481 e. The van der Waals surface area contributed by atoms with E-state index in [1.165, 1.54) is 0 Å². The highest BCUT2D eigenvalue weighted by molar-refractivity contribution is 5.67. The zero-order valence-corrected chi connectivity index (χ0v) is 7.56. The lowest BCUT2D eigenvalue weighted by Gasteiger charge is -2.07. The standard InChI is InChI=1S/C9H8F3NO2/c10-5-3-6(11)9(7(12)4-5)13-2-1-8(14)15/h3-4,13H,1-2H2,(H,14,15). The van der Waals surface area contributed by atoms with Gasteiger partial charge in [-0.1, -0.05) is 0 Å². The van der Waals surface area contributed by atoms with Gasteiger partial charge in [-0.05, 0) is 0 Å². The summed E-state index contributed by atoms with van der Waals surface area (Å²) in [6.45, 7) is -0.130. The fraction of sp³-hybridized carbons (Fsp3) is 0.222. The summed E-state index contributed by atoms with van der Waals surface area (Å²) in [6.07, 6.45) is -0.281. The van der Waals surface area contributed by atoms with E-state index in [4.69, 9.17) is 5.11 Å². The summed E-state index contributed by atoms with van der Waals surface area (Å²) in [4.78, 5) is 10.1. The molecule has 0 unspecified atom stereocenters. The van der Waals surface area contributed by atoms with E-state index in [-0.39, 0.29) is 13.0 Å². The molecule has 0 aromatic heterocycles. The minimum atomic E-state index is -1.09. The highest BCUT2D eigenvalue weighted by Gasteiger charge is 2.10. The Labute approximate surface area is 83.5 Å². The Hall–Kier alpha value is -1.72. The van der Waals surface area contributed by atoms with Crippen LogP contribution in [0, 0.1) is 17.5 Å². The van der Waals surface area contributed by atoms with E-state index in [9.17, 15) is 18.0 Å². The quantitative estimate of drug-likeness (QED) is 0.814. The van der Waals surface area contributed by atoms with Crippen LogP contribution in [0.15, 0.2) is 12.1 Å². The zero-order valence-electron chi connectivity index (χ0n) is 7.56. The molecule has 0 spiro atoms. The average molecular weight is 219 g/mol. The topological polar surface area (TPSA) is 49.3 Å². The van der Waals surface area contributed by atoms with E-state index in [0.717, 1.165) is 0 Å². The molecule has 0 aliphatic heterocycles. The van der Waals surface area contributed by atoms with E-state index in [0.29, 0.717) is 12.1 Å². The Morgan fingerprint density at radius 2 is 1.80 bits per heavy atom. The second-order valence-electron chi connectivity index (χ2n) is 2.81. The molecule has 6 heteroatoms. The van der Waals surface area contributed by atoms with Crippen molar-refractivity contribution in [1.29, 1.82) is 0 Å². The van der Waals surface area contributed by atoms with Gasteiger partial charge in [-0.2, -0.15) is 0 Å². The van der Waals surface area contributed by atoms with E-state index in [2.05, 4.69) is 5.32 Å². The second-order valence-corrected chi connectivity index (χ2v) is 2.81. The number of anilines is 1. The predicted octanol–water partition coefficient (Wildman–Crippen LogP) is 1.99. The van der Waals surface area contributed by atoms with Gasteiger partial charge in [-0.3, -0.25) is 4.79 Å². The van der Waals surface area contributed by atoms with Crippen LogP contribution in [0.4, 0.5) is 18.9 Å². The van der Waals surface area contributed by atoms with Gasteiger partial charge in [-0.15, -0.1) is 0 Å². The monoisotopic (exact) mass is 219 g/mol. The summed E-state index contributed by atoms with van der Waals surface area (Å²) in [7, 11) is 0. The molecule has 0 saturated carbocycles. The number of aliphatic carboxylic acids is 1. The average Bonchev–Trinajstić information content (AvgIpc) is 2.08. The van der Waals surface area contributed by atoms with Crippen LogP contribution >= 0.6 is 0 Å². The van der Waals surface area contributed by atoms with Gasteiger partial charge in [0.05, 0.1) is 6.42 Å². The number of benzene rings is 1. The third kappa shape index (κ3) is 3.16. The molecule has 1 aromatic carbocycles. The van der Waals surface area contributed by atoms with Gasteiger partial charge in [-0.25, -0.2) is 13.2 Å². The van der Waals surface area contributed by atoms with Gasteiger partial charge in [0.25, 0.3) is 0 Å². The lowest BCUT2D eigenvalue weighted by Crippen LogP contribution is -2.10. The predicted molar refractivity (Wildman–Crippen MR) is 47.1 cm³/mol. The number of carbonyl (C=O) groups is 1. The van der Waals surface area contributed by atoms with Crippen molar-refractivity contribution in [2.75, 3.05) is 11.9 Å². The summed E-state index contributed by atoms with van der Waals surface area (Å²) >= 11 is 0. The maximum absolute atomic E-state index is 12.9. The normalized spacial score (nSPS) is 10.1. The van der Waals surface area contributed by atoms with Crippen LogP contribution < -0.4 is 5.32 Å². The van der Waals surface area contributed by atoms with Gasteiger partial charge in [0.1, 0.15) is 11.5 Å². The van der Waals surface area contributed by atoms with Crippen LogP contribution in [0.25, 0.3) is 0 Å². The van der Waals surface area contributed by atoms with E-state index >= 15 is 0 Å². The van der Waals surface area contributed by atoms with E-state index in [1.807, 2.05) is 0 Å². The Morgan fingerprint density at radius 1 is 1.27 bits per heavy atom. The number of rotatable bonds is 4. The number of carboxylic acid groups (broad SMARTS) is 1. The number of hydrogen-bond acceptors (Lipinski definition) is 2. The maximum atomic E-state index is 12.9. The molecule has 0 atom stereocenters. The molecule has 0 radical (unpaired) electrons. The third-order valence-corrected chi connectivity index (χ3v) is 1.65. The molecule has 3 nitrogen and oxygen atoms in total. The van der Waals surface area contributed by atoms with Gasteiger partial charge < -0.3 is 10.4 Å². The molecular formula is C9H8F3NO2. The third-order valence-electron chi connectivity index (χ3n) is 1.65. The minimum absolute atomic E-state index is 0.130. The maximum Gasteiger partial charge on any atom is 0.305 e. The summed E-state index contributed by atoms with van der Waals surface area (Å²) in [5.41, 5.74) is -0.516. The van der Waals surface area contributed by atoms with E-state index in [1.54, 1.807) is 0 Å². The minimum Gasteiger partial charge on any atom is -0.481 e. The second kappa shape index (κ2) is 4.68. The van der Waals surface area contributed by atoms with Crippen LogP contribution in [0.5, 0.6) is 0 Å². The van der Waals surface area contributed by atoms with Crippen LogP contribution in [0.2, 0.25) is 0 Å². The fourth-order valence-corrected chi connectivity index (χ4v) is 1.01. The first kappa shape index (κ1) is 11.4. The molecule has 2 N–H and O–H groups in total.